The van der Waals surface area contributed by atoms with Crippen molar-refractivity contribution < 1.29 is 4.79 Å². The first-order valence-electron chi connectivity index (χ1n) is 7.43. The summed E-state index contributed by atoms with van der Waals surface area (Å²) in [6.45, 7) is 6.43. The molecule has 0 unspecified atom stereocenters. The molecule has 2 aromatic rings. The third-order valence-electron chi connectivity index (χ3n) is 4.00. The van der Waals surface area contributed by atoms with E-state index in [0.717, 1.165) is 26.2 Å². The van der Waals surface area contributed by atoms with Crippen LogP contribution in [0.1, 0.15) is 16.1 Å². The molecule has 2 heterocycles. The van der Waals surface area contributed by atoms with Crippen LogP contribution in [0.5, 0.6) is 0 Å². The van der Waals surface area contributed by atoms with Gasteiger partial charge in [-0.25, -0.2) is 0 Å². The Balaban J connectivity index is 1.54. The number of H-pyrrole nitrogens is 1. The van der Waals surface area contributed by atoms with Gasteiger partial charge in [0.2, 0.25) is 0 Å². The van der Waals surface area contributed by atoms with Crippen LogP contribution in [0.15, 0.2) is 42.6 Å². The van der Waals surface area contributed by atoms with Crippen LogP contribution in [0, 0.1) is 6.92 Å². The fourth-order valence-corrected chi connectivity index (χ4v) is 2.78. The highest BCUT2D eigenvalue weighted by atomic mass is 16.1. The molecule has 4 heteroatoms. The largest absolute Gasteiger partial charge is 0.369 e. The second kappa shape index (κ2) is 6.14. The number of Topliss-reactive ketones (excluding diaryl/α,β-unsaturated/α-hetero) is 1. The molecule has 1 aromatic heterocycles. The Morgan fingerprint density at radius 1 is 1.14 bits per heavy atom. The highest BCUT2D eigenvalue weighted by Crippen LogP contribution is 2.17. The second-order valence-corrected chi connectivity index (χ2v) is 5.61. The molecule has 3 rings (SSSR count). The molecule has 1 saturated heterocycles. The summed E-state index contributed by atoms with van der Waals surface area (Å²) in [5.74, 6) is 0.170. The summed E-state index contributed by atoms with van der Waals surface area (Å²) < 4.78 is 0. The summed E-state index contributed by atoms with van der Waals surface area (Å²) in [4.78, 5) is 19.7. The van der Waals surface area contributed by atoms with E-state index in [1.165, 1.54) is 11.3 Å². The molecule has 0 amide bonds. The molecule has 0 saturated carbocycles. The predicted octanol–water partition coefficient (Wildman–Crippen LogP) is 2.33. The first kappa shape index (κ1) is 13.9. The Morgan fingerprint density at radius 2 is 1.95 bits per heavy atom. The molecule has 21 heavy (non-hydrogen) atoms. The Hall–Kier alpha value is -2.07. The third kappa shape index (κ3) is 3.34. The maximum absolute atomic E-state index is 12.1. The highest BCUT2D eigenvalue weighted by Gasteiger charge is 2.20. The summed E-state index contributed by atoms with van der Waals surface area (Å²) in [5.41, 5.74) is 3.28. The van der Waals surface area contributed by atoms with Crippen molar-refractivity contribution in [2.75, 3.05) is 37.6 Å². The maximum Gasteiger partial charge on any atom is 0.192 e. The molecule has 1 N–H and O–H groups in total. The van der Waals surface area contributed by atoms with Crippen molar-refractivity contribution >= 4 is 11.5 Å². The second-order valence-electron chi connectivity index (χ2n) is 5.61. The van der Waals surface area contributed by atoms with Gasteiger partial charge >= 0.3 is 0 Å². The van der Waals surface area contributed by atoms with E-state index >= 15 is 0 Å². The van der Waals surface area contributed by atoms with Gasteiger partial charge in [0.15, 0.2) is 5.78 Å². The molecule has 1 fully saturated rings. The van der Waals surface area contributed by atoms with Crippen molar-refractivity contribution in [2.45, 2.75) is 6.92 Å². The number of ketones is 1. The molecule has 0 bridgehead atoms. The van der Waals surface area contributed by atoms with Crippen LogP contribution in [0.25, 0.3) is 0 Å². The SMILES string of the molecule is Cc1cccc(N2CCN(CC(=O)c3ccc[nH]3)CC2)c1. The minimum absolute atomic E-state index is 0.170. The normalized spacial score (nSPS) is 16.1. The molecular weight excluding hydrogens is 262 g/mol. The van der Waals surface area contributed by atoms with Crippen molar-refractivity contribution in [1.29, 1.82) is 0 Å². The first-order valence-corrected chi connectivity index (χ1v) is 7.43. The lowest BCUT2D eigenvalue weighted by Crippen LogP contribution is -2.48. The van der Waals surface area contributed by atoms with E-state index in [1.807, 2.05) is 12.1 Å². The number of hydrogen-bond donors (Lipinski definition) is 1. The Kier molecular flexibility index (Phi) is 4.06. The van der Waals surface area contributed by atoms with Gasteiger partial charge in [-0.1, -0.05) is 12.1 Å². The van der Waals surface area contributed by atoms with Crippen LogP contribution < -0.4 is 4.90 Å². The fraction of sp³-hybridized carbons (Fsp3) is 0.353. The monoisotopic (exact) mass is 283 g/mol. The maximum atomic E-state index is 12.1. The van der Waals surface area contributed by atoms with E-state index in [4.69, 9.17) is 0 Å². The highest BCUT2D eigenvalue weighted by molar-refractivity contribution is 5.95. The third-order valence-corrected chi connectivity index (χ3v) is 4.00. The summed E-state index contributed by atoms with van der Waals surface area (Å²) in [7, 11) is 0. The molecule has 110 valence electrons. The van der Waals surface area contributed by atoms with E-state index in [9.17, 15) is 4.79 Å². The van der Waals surface area contributed by atoms with Gasteiger partial charge < -0.3 is 9.88 Å². The molecule has 1 aliphatic rings. The zero-order valence-electron chi connectivity index (χ0n) is 12.4. The van der Waals surface area contributed by atoms with E-state index in [1.54, 1.807) is 6.20 Å². The Labute approximate surface area is 125 Å². The lowest BCUT2D eigenvalue weighted by Gasteiger charge is -2.35. The van der Waals surface area contributed by atoms with Crippen molar-refractivity contribution in [2.24, 2.45) is 0 Å². The molecule has 1 aromatic carbocycles. The number of aromatic amines is 1. The number of carbonyl (C=O) groups excluding carboxylic acids is 1. The average molecular weight is 283 g/mol. The molecular formula is C17H21N3O. The standard InChI is InChI=1S/C17H21N3O/c1-14-4-2-5-15(12-14)20-10-8-19(9-11-20)13-17(21)16-6-3-7-18-16/h2-7,12,18H,8-11,13H2,1H3. The van der Waals surface area contributed by atoms with E-state index < -0.39 is 0 Å². The van der Waals surface area contributed by atoms with Crippen molar-refractivity contribution in [3.63, 3.8) is 0 Å². The molecule has 4 nitrogen and oxygen atoms in total. The lowest BCUT2D eigenvalue weighted by atomic mass is 10.2. The topological polar surface area (TPSA) is 39.3 Å². The van der Waals surface area contributed by atoms with Gasteiger partial charge in [-0.15, -0.1) is 0 Å². The number of anilines is 1. The number of hydrogen-bond acceptors (Lipinski definition) is 3. The van der Waals surface area contributed by atoms with Gasteiger partial charge in [0.05, 0.1) is 12.2 Å². The number of rotatable bonds is 4. The Bertz CT molecular complexity index is 598. The quantitative estimate of drug-likeness (QED) is 0.875. The van der Waals surface area contributed by atoms with E-state index in [-0.39, 0.29) is 5.78 Å². The molecule has 0 aliphatic carbocycles. The Morgan fingerprint density at radius 3 is 2.62 bits per heavy atom. The van der Waals surface area contributed by atoms with Gasteiger partial charge in [-0.2, -0.15) is 0 Å². The molecule has 1 aliphatic heterocycles. The summed E-state index contributed by atoms with van der Waals surface area (Å²) in [5, 5.41) is 0. The van der Waals surface area contributed by atoms with Crippen LogP contribution >= 0.6 is 0 Å². The van der Waals surface area contributed by atoms with Crippen LogP contribution in [0.4, 0.5) is 5.69 Å². The number of nitrogens with zero attached hydrogens (tertiary/aromatic N) is 2. The summed E-state index contributed by atoms with van der Waals surface area (Å²) in [6.07, 6.45) is 1.79. The van der Waals surface area contributed by atoms with E-state index in [0.29, 0.717) is 12.2 Å². The summed E-state index contributed by atoms with van der Waals surface area (Å²) >= 11 is 0. The van der Waals surface area contributed by atoms with Gasteiger partial charge in [0.25, 0.3) is 0 Å². The van der Waals surface area contributed by atoms with Crippen LogP contribution in [0.3, 0.4) is 0 Å². The number of carbonyl (C=O) groups is 1. The average Bonchev–Trinajstić information content (AvgIpc) is 3.02. The van der Waals surface area contributed by atoms with Gasteiger partial charge in [-0.05, 0) is 36.8 Å². The number of nitrogens with one attached hydrogen (secondary N) is 1. The first-order chi connectivity index (χ1) is 10.2. The van der Waals surface area contributed by atoms with Gasteiger partial charge in [0.1, 0.15) is 0 Å². The zero-order chi connectivity index (χ0) is 14.7. The summed E-state index contributed by atoms with van der Waals surface area (Å²) in [6, 6.07) is 12.3. The van der Waals surface area contributed by atoms with Crippen LogP contribution in [0.2, 0.25) is 0 Å². The van der Waals surface area contributed by atoms with Gasteiger partial charge in [-0.3, -0.25) is 9.69 Å². The zero-order valence-corrected chi connectivity index (χ0v) is 12.4. The van der Waals surface area contributed by atoms with Crippen LogP contribution in [-0.2, 0) is 0 Å². The van der Waals surface area contributed by atoms with Crippen LogP contribution in [-0.4, -0.2) is 48.4 Å². The number of piperazine rings is 1. The van der Waals surface area contributed by atoms with Crippen molar-refractivity contribution in [3.05, 3.63) is 53.9 Å². The lowest BCUT2D eigenvalue weighted by molar-refractivity contribution is 0.0922. The minimum atomic E-state index is 0.170. The fourth-order valence-electron chi connectivity index (χ4n) is 2.78. The molecule has 0 spiro atoms. The van der Waals surface area contributed by atoms with Crippen molar-refractivity contribution in [3.8, 4) is 0 Å². The molecule has 0 radical (unpaired) electrons. The van der Waals surface area contributed by atoms with Crippen molar-refractivity contribution in [1.82, 2.24) is 9.88 Å². The predicted molar refractivity (Wildman–Crippen MR) is 85.0 cm³/mol. The van der Waals surface area contributed by atoms with Gasteiger partial charge in [0, 0.05) is 38.1 Å². The number of aryl methyl sites for hydroxylation is 1. The minimum Gasteiger partial charge on any atom is -0.369 e. The smallest absolute Gasteiger partial charge is 0.192 e. The number of benzene rings is 1. The number of aromatic nitrogens is 1. The van der Waals surface area contributed by atoms with E-state index in [2.05, 4.69) is 46.0 Å². The molecule has 0 atom stereocenters.